The van der Waals surface area contributed by atoms with Crippen LogP contribution in [0.3, 0.4) is 0 Å². The first-order chi connectivity index (χ1) is 8.71. The van der Waals surface area contributed by atoms with Crippen LogP contribution in [-0.4, -0.2) is 18.1 Å². The summed E-state index contributed by atoms with van der Waals surface area (Å²) in [5, 5.41) is 3.83. The number of nitrogens with one attached hydrogen (secondary N) is 1. The van der Waals surface area contributed by atoms with E-state index in [9.17, 15) is 0 Å². The van der Waals surface area contributed by atoms with Crippen LogP contribution in [0.2, 0.25) is 5.02 Å². The molecule has 3 nitrogen and oxygen atoms in total. The number of rotatable bonds is 8. The van der Waals surface area contributed by atoms with Crippen molar-refractivity contribution in [2.75, 3.05) is 13.2 Å². The molecule has 0 bridgehead atoms. The van der Waals surface area contributed by atoms with Crippen LogP contribution in [0.1, 0.15) is 39.2 Å². The first kappa shape index (κ1) is 15.3. The molecule has 0 aliphatic rings. The number of ether oxygens (including phenoxy) is 1. The van der Waals surface area contributed by atoms with E-state index in [0.717, 1.165) is 31.5 Å². The van der Waals surface area contributed by atoms with E-state index in [1.54, 1.807) is 0 Å². The maximum Gasteiger partial charge on any atom is 0.232 e. The Labute approximate surface area is 115 Å². The molecule has 0 saturated heterocycles. The molecule has 0 atom stereocenters. The predicted octanol–water partition coefficient (Wildman–Crippen LogP) is 3.66. The van der Waals surface area contributed by atoms with E-state index in [1.165, 1.54) is 0 Å². The minimum Gasteiger partial charge on any atom is -0.476 e. The zero-order chi connectivity index (χ0) is 13.4. The summed E-state index contributed by atoms with van der Waals surface area (Å²) in [4.78, 5) is 4.28. The Morgan fingerprint density at radius 1 is 1.33 bits per heavy atom. The third kappa shape index (κ3) is 4.83. The standard InChI is InChI=1S/C14H23ClN2O/c1-4-11(5-2)10-18-14-13(15)7-12(9-17-14)8-16-6-3/h7,9,11,16H,4-6,8,10H2,1-3H3. The van der Waals surface area contributed by atoms with E-state index >= 15 is 0 Å². The number of pyridine rings is 1. The lowest BCUT2D eigenvalue weighted by Crippen LogP contribution is -2.13. The third-order valence-electron chi connectivity index (χ3n) is 3.05. The smallest absolute Gasteiger partial charge is 0.232 e. The van der Waals surface area contributed by atoms with Gasteiger partial charge in [0.05, 0.1) is 6.61 Å². The first-order valence-corrected chi connectivity index (χ1v) is 7.06. The van der Waals surface area contributed by atoms with Crippen LogP contribution in [-0.2, 0) is 6.54 Å². The molecule has 0 aliphatic carbocycles. The van der Waals surface area contributed by atoms with Gasteiger partial charge >= 0.3 is 0 Å². The summed E-state index contributed by atoms with van der Waals surface area (Å²) in [5.74, 6) is 1.12. The van der Waals surface area contributed by atoms with Crippen molar-refractivity contribution in [3.63, 3.8) is 0 Å². The van der Waals surface area contributed by atoms with E-state index in [1.807, 2.05) is 12.3 Å². The van der Waals surface area contributed by atoms with Gasteiger partial charge in [-0.3, -0.25) is 0 Å². The van der Waals surface area contributed by atoms with Crippen molar-refractivity contribution >= 4 is 11.6 Å². The van der Waals surface area contributed by atoms with Gasteiger partial charge in [0.15, 0.2) is 0 Å². The lowest BCUT2D eigenvalue weighted by Gasteiger charge is -2.14. The van der Waals surface area contributed by atoms with Gasteiger partial charge in [0, 0.05) is 12.7 Å². The van der Waals surface area contributed by atoms with Gasteiger partial charge in [-0.05, 0) is 24.1 Å². The molecule has 0 unspecified atom stereocenters. The highest BCUT2D eigenvalue weighted by molar-refractivity contribution is 6.31. The second kappa shape index (κ2) is 8.33. The van der Waals surface area contributed by atoms with Crippen LogP contribution in [0.5, 0.6) is 5.88 Å². The Bertz CT molecular complexity index is 354. The summed E-state index contributed by atoms with van der Waals surface area (Å²) in [5.41, 5.74) is 1.08. The van der Waals surface area contributed by atoms with Gasteiger partial charge < -0.3 is 10.1 Å². The van der Waals surface area contributed by atoms with Crippen LogP contribution in [0.15, 0.2) is 12.3 Å². The van der Waals surface area contributed by atoms with Crippen LogP contribution >= 0.6 is 11.6 Å². The van der Waals surface area contributed by atoms with Crippen molar-refractivity contribution in [1.29, 1.82) is 0 Å². The second-order valence-corrected chi connectivity index (χ2v) is 4.81. The third-order valence-corrected chi connectivity index (χ3v) is 3.32. The fourth-order valence-corrected chi connectivity index (χ4v) is 1.90. The number of nitrogens with zero attached hydrogens (tertiary/aromatic N) is 1. The molecule has 0 amide bonds. The predicted molar refractivity (Wildman–Crippen MR) is 76.2 cm³/mol. The van der Waals surface area contributed by atoms with Gasteiger partial charge in [-0.2, -0.15) is 0 Å². The van der Waals surface area contributed by atoms with Crippen LogP contribution in [0.4, 0.5) is 0 Å². The van der Waals surface area contributed by atoms with E-state index in [-0.39, 0.29) is 0 Å². The van der Waals surface area contributed by atoms with Crippen molar-refractivity contribution < 1.29 is 4.74 Å². The average molecular weight is 271 g/mol. The summed E-state index contributed by atoms with van der Waals surface area (Å²) in [6.07, 6.45) is 4.05. The maximum atomic E-state index is 6.16. The highest BCUT2D eigenvalue weighted by atomic mass is 35.5. The van der Waals surface area contributed by atoms with E-state index in [4.69, 9.17) is 16.3 Å². The van der Waals surface area contributed by atoms with E-state index < -0.39 is 0 Å². The van der Waals surface area contributed by atoms with Crippen LogP contribution in [0.25, 0.3) is 0 Å². The van der Waals surface area contributed by atoms with Gasteiger partial charge in [0.2, 0.25) is 5.88 Å². The fourth-order valence-electron chi connectivity index (χ4n) is 1.66. The monoisotopic (exact) mass is 270 g/mol. The summed E-state index contributed by atoms with van der Waals surface area (Å²) in [6, 6.07) is 1.92. The van der Waals surface area contributed by atoms with Crippen molar-refractivity contribution in [1.82, 2.24) is 10.3 Å². The quantitative estimate of drug-likeness (QED) is 0.783. The zero-order valence-corrected chi connectivity index (χ0v) is 12.3. The number of hydrogen-bond donors (Lipinski definition) is 1. The lowest BCUT2D eigenvalue weighted by atomic mass is 10.1. The van der Waals surface area contributed by atoms with Gasteiger partial charge in [0.1, 0.15) is 5.02 Å². The van der Waals surface area contributed by atoms with E-state index in [2.05, 4.69) is 31.1 Å². The molecular formula is C14H23ClN2O. The molecule has 1 aromatic rings. The van der Waals surface area contributed by atoms with E-state index in [0.29, 0.717) is 23.4 Å². The SMILES string of the molecule is CCNCc1cnc(OCC(CC)CC)c(Cl)c1. The molecule has 0 fully saturated rings. The first-order valence-electron chi connectivity index (χ1n) is 6.69. The molecule has 0 spiro atoms. The Morgan fingerprint density at radius 3 is 2.61 bits per heavy atom. The molecule has 0 saturated carbocycles. The Kier molecular flexibility index (Phi) is 7.06. The van der Waals surface area contributed by atoms with Crippen molar-refractivity contribution in [3.05, 3.63) is 22.8 Å². The number of halogens is 1. The summed E-state index contributed by atoms with van der Waals surface area (Å²) in [6.45, 7) is 8.83. The van der Waals surface area contributed by atoms with Gasteiger partial charge in [-0.1, -0.05) is 45.2 Å². The molecule has 4 heteroatoms. The minimum absolute atomic E-state index is 0.545. The molecule has 18 heavy (non-hydrogen) atoms. The largest absolute Gasteiger partial charge is 0.476 e. The highest BCUT2D eigenvalue weighted by Gasteiger charge is 2.08. The van der Waals surface area contributed by atoms with Crippen LogP contribution in [0, 0.1) is 5.92 Å². The molecule has 0 aromatic carbocycles. The Hall–Kier alpha value is -0.800. The summed E-state index contributed by atoms with van der Waals surface area (Å²) in [7, 11) is 0. The molecule has 1 rings (SSSR count). The molecule has 0 radical (unpaired) electrons. The maximum absolute atomic E-state index is 6.16. The molecule has 0 aliphatic heterocycles. The summed E-state index contributed by atoms with van der Waals surface area (Å²) < 4.78 is 5.68. The molecule has 1 heterocycles. The van der Waals surface area contributed by atoms with Crippen molar-refractivity contribution in [2.24, 2.45) is 5.92 Å². The Morgan fingerprint density at radius 2 is 2.06 bits per heavy atom. The topological polar surface area (TPSA) is 34.2 Å². The van der Waals surface area contributed by atoms with Gasteiger partial charge in [0.25, 0.3) is 0 Å². The zero-order valence-electron chi connectivity index (χ0n) is 11.5. The minimum atomic E-state index is 0.545. The number of aromatic nitrogens is 1. The van der Waals surface area contributed by atoms with Gasteiger partial charge in [-0.25, -0.2) is 4.98 Å². The second-order valence-electron chi connectivity index (χ2n) is 4.40. The molecule has 1 aromatic heterocycles. The van der Waals surface area contributed by atoms with Gasteiger partial charge in [-0.15, -0.1) is 0 Å². The molecular weight excluding hydrogens is 248 g/mol. The highest BCUT2D eigenvalue weighted by Crippen LogP contribution is 2.23. The Balaban J connectivity index is 2.56. The van der Waals surface area contributed by atoms with Crippen LogP contribution < -0.4 is 10.1 Å². The molecule has 102 valence electrons. The average Bonchev–Trinajstić information content (AvgIpc) is 2.39. The normalized spacial score (nSPS) is 10.9. The van der Waals surface area contributed by atoms with Crippen molar-refractivity contribution in [3.8, 4) is 5.88 Å². The summed E-state index contributed by atoms with van der Waals surface area (Å²) >= 11 is 6.16. The molecule has 1 N–H and O–H groups in total. The fraction of sp³-hybridized carbons (Fsp3) is 0.643. The number of hydrogen-bond acceptors (Lipinski definition) is 3. The van der Waals surface area contributed by atoms with Crippen molar-refractivity contribution in [2.45, 2.75) is 40.2 Å². The lowest BCUT2D eigenvalue weighted by molar-refractivity contribution is 0.233.